The minimum Gasteiger partial charge on any atom is -0.465 e. The second-order valence-electron chi connectivity index (χ2n) is 10.4. The molecular weight excluding hydrogens is 687 g/mol. The van der Waals surface area contributed by atoms with Gasteiger partial charge < -0.3 is 15.1 Å². The third-order valence-electron chi connectivity index (χ3n) is 7.37. The largest absolute Gasteiger partial charge is 0.465 e. The average Bonchev–Trinajstić information content (AvgIpc) is 3.40. The van der Waals surface area contributed by atoms with Crippen LogP contribution in [-0.4, -0.2) is 72.6 Å². The maximum Gasteiger partial charge on any atom is 0.431 e. The van der Waals surface area contributed by atoms with E-state index < -0.39 is 52.1 Å². The maximum atomic E-state index is 13.8. The number of hydrogen-bond acceptors (Lipinski definition) is 6. The van der Waals surface area contributed by atoms with Gasteiger partial charge in [-0.2, -0.15) is 31.4 Å². The third-order valence-corrected chi connectivity index (χ3v) is 9.78. The molecule has 0 aromatic heterocycles. The summed E-state index contributed by atoms with van der Waals surface area (Å²) in [5, 5.41) is 23.2. The number of para-hydroxylation sites is 1. The van der Waals surface area contributed by atoms with Crippen LogP contribution in [0.5, 0.6) is 0 Å². The van der Waals surface area contributed by atoms with Gasteiger partial charge in [0.05, 0.1) is 38.1 Å². The number of rotatable bonds is 9. The van der Waals surface area contributed by atoms with Crippen LogP contribution in [0.4, 0.5) is 36.8 Å². The monoisotopic (exact) mass is 711 g/mol. The Hall–Kier alpha value is -3.53. The van der Waals surface area contributed by atoms with Gasteiger partial charge in [0.1, 0.15) is 0 Å². The van der Waals surface area contributed by atoms with Crippen LogP contribution in [0.25, 0.3) is 11.1 Å². The Kier molecular flexibility index (Phi) is 9.93. The number of anilines is 1. The number of amides is 1. The van der Waals surface area contributed by atoms with E-state index in [-0.39, 0.29) is 44.9 Å². The molecule has 1 aliphatic heterocycles. The minimum atomic E-state index is -6.16. The predicted octanol–water partition coefficient (Wildman–Crippen LogP) is 7.60. The van der Waals surface area contributed by atoms with E-state index in [1.807, 2.05) is 0 Å². The quantitative estimate of drug-likeness (QED) is 0.221. The first-order valence-corrected chi connectivity index (χ1v) is 15.7. The van der Waals surface area contributed by atoms with Crippen molar-refractivity contribution in [1.29, 1.82) is 0 Å². The van der Waals surface area contributed by atoms with Gasteiger partial charge in [-0.3, -0.25) is 5.01 Å². The number of benzene rings is 3. The zero-order valence-electron chi connectivity index (χ0n) is 23.6. The van der Waals surface area contributed by atoms with Gasteiger partial charge in [-0.1, -0.05) is 65.7 Å². The fourth-order valence-corrected chi connectivity index (χ4v) is 6.77. The number of carboxylic acid groups (broad SMARTS) is 1. The maximum absolute atomic E-state index is 13.8. The Morgan fingerprint density at radius 2 is 1.52 bits per heavy atom. The summed E-state index contributed by atoms with van der Waals surface area (Å²) in [6, 6.07) is 14.4. The van der Waals surface area contributed by atoms with E-state index in [0.29, 0.717) is 11.1 Å². The first kappa shape index (κ1) is 35.3. The van der Waals surface area contributed by atoms with Gasteiger partial charge in [-0.15, -0.1) is 0 Å². The molecule has 8 nitrogen and oxygen atoms in total. The van der Waals surface area contributed by atoms with Crippen LogP contribution in [-0.2, 0) is 9.84 Å². The van der Waals surface area contributed by atoms with Crippen LogP contribution in [0.15, 0.2) is 76.7 Å². The van der Waals surface area contributed by atoms with Crippen LogP contribution in [0.1, 0.15) is 24.4 Å². The van der Waals surface area contributed by atoms with Crippen molar-refractivity contribution >= 4 is 50.5 Å². The van der Waals surface area contributed by atoms with Crippen LogP contribution in [0, 0.1) is 0 Å². The summed E-state index contributed by atoms with van der Waals surface area (Å²) in [7, 11) is -2.49. The molecule has 248 valence electrons. The number of halogens is 8. The number of alkyl halides is 6. The van der Waals surface area contributed by atoms with Crippen molar-refractivity contribution in [2.45, 2.75) is 41.7 Å². The van der Waals surface area contributed by atoms with Crippen molar-refractivity contribution in [2.75, 3.05) is 24.4 Å². The third kappa shape index (κ3) is 6.92. The number of hydrazone groups is 1. The van der Waals surface area contributed by atoms with Crippen molar-refractivity contribution < 1.29 is 49.8 Å². The highest BCUT2D eigenvalue weighted by molar-refractivity contribution is 7.91. The van der Waals surface area contributed by atoms with E-state index in [0.717, 1.165) is 9.91 Å². The highest BCUT2D eigenvalue weighted by atomic mass is 35.5. The van der Waals surface area contributed by atoms with E-state index in [9.17, 15) is 44.7 Å². The molecule has 0 spiro atoms. The fraction of sp³-hybridized carbons (Fsp3) is 0.310. The number of nitrogens with zero attached hydrogens (tertiary/aromatic N) is 3. The molecular formula is C29H25Cl2F6N3O5S. The Morgan fingerprint density at radius 1 is 0.957 bits per heavy atom. The molecule has 0 fully saturated rings. The van der Waals surface area contributed by atoms with Crippen LogP contribution in [0.3, 0.4) is 0 Å². The summed E-state index contributed by atoms with van der Waals surface area (Å²) >= 11 is 12.5. The zero-order valence-corrected chi connectivity index (χ0v) is 26.0. The lowest BCUT2D eigenvalue weighted by molar-refractivity contribution is -0.338. The highest BCUT2D eigenvalue weighted by Crippen LogP contribution is 2.50. The van der Waals surface area contributed by atoms with Gasteiger partial charge in [0, 0.05) is 20.0 Å². The number of carbonyl (C=O) groups is 1. The van der Waals surface area contributed by atoms with Crippen molar-refractivity contribution in [3.63, 3.8) is 0 Å². The zero-order chi connectivity index (χ0) is 34.2. The molecule has 17 heteroatoms. The second-order valence-corrected chi connectivity index (χ2v) is 13.3. The van der Waals surface area contributed by atoms with Gasteiger partial charge in [0.2, 0.25) is 0 Å². The molecule has 1 unspecified atom stereocenters. The average molecular weight is 712 g/mol. The fourth-order valence-electron chi connectivity index (χ4n) is 4.86. The molecule has 3 aromatic rings. The Labute approximate surface area is 269 Å². The lowest BCUT2D eigenvalue weighted by Gasteiger charge is -2.32. The summed E-state index contributed by atoms with van der Waals surface area (Å²) in [4.78, 5) is 11.9. The molecule has 0 bridgehead atoms. The molecule has 1 atom stereocenters. The molecule has 1 aliphatic rings. The standard InChI is InChI=1S/C29H25Cl2F6N3O5S/c1-39(26(41)42)13-4-14-46(44,45)20-6-2-5-19(15-20)17-9-11-18(12-10-17)23-16-24(27(43,28(32,33)34)29(35,36)37)38-40(23)25-21(30)7-3-8-22(25)31/h2-3,5-12,15,23,43H,4,13-14,16H2,1H3,(H,41,42). The van der Waals surface area contributed by atoms with Gasteiger partial charge >= 0.3 is 18.4 Å². The van der Waals surface area contributed by atoms with Gasteiger partial charge in [0.25, 0.3) is 5.60 Å². The molecule has 0 saturated carbocycles. The van der Waals surface area contributed by atoms with E-state index in [1.165, 1.54) is 67.7 Å². The van der Waals surface area contributed by atoms with Crippen LogP contribution in [0.2, 0.25) is 10.0 Å². The van der Waals surface area contributed by atoms with Crippen LogP contribution >= 0.6 is 23.2 Å². The van der Waals surface area contributed by atoms with Crippen molar-refractivity contribution in [3.8, 4) is 11.1 Å². The molecule has 1 amide bonds. The van der Waals surface area contributed by atoms with Gasteiger partial charge in [-0.05, 0) is 47.4 Å². The minimum absolute atomic E-state index is 0.00206. The summed E-state index contributed by atoms with van der Waals surface area (Å²) in [5.41, 5.74) is -5.94. The SMILES string of the molecule is CN(CCCS(=O)(=O)c1cccc(-c2ccc(C3CC(C(O)(C(F)(F)F)C(F)(F)F)=NN3c3c(Cl)cccc3Cl)cc2)c1)C(=O)O. The van der Waals surface area contributed by atoms with E-state index >= 15 is 0 Å². The Morgan fingerprint density at radius 3 is 2.07 bits per heavy atom. The van der Waals surface area contributed by atoms with Crippen molar-refractivity contribution in [2.24, 2.45) is 5.10 Å². The number of aliphatic hydroxyl groups is 1. The van der Waals surface area contributed by atoms with E-state index in [2.05, 4.69) is 5.10 Å². The molecule has 3 aromatic carbocycles. The van der Waals surface area contributed by atoms with E-state index in [1.54, 1.807) is 6.07 Å². The Balaban J connectivity index is 1.68. The number of hydrogen-bond donors (Lipinski definition) is 2. The van der Waals surface area contributed by atoms with E-state index in [4.69, 9.17) is 28.3 Å². The molecule has 0 aliphatic carbocycles. The molecule has 0 radical (unpaired) electrons. The predicted molar refractivity (Wildman–Crippen MR) is 160 cm³/mol. The van der Waals surface area contributed by atoms with Gasteiger partial charge in [-0.25, -0.2) is 13.2 Å². The lowest BCUT2D eigenvalue weighted by Crippen LogP contribution is -2.62. The second kappa shape index (κ2) is 12.9. The molecule has 0 saturated heterocycles. The number of sulfone groups is 1. The smallest absolute Gasteiger partial charge is 0.431 e. The van der Waals surface area contributed by atoms with Crippen molar-refractivity contribution in [1.82, 2.24) is 4.90 Å². The highest BCUT2D eigenvalue weighted by Gasteiger charge is 2.74. The molecule has 1 heterocycles. The van der Waals surface area contributed by atoms with Crippen molar-refractivity contribution in [3.05, 3.63) is 82.3 Å². The summed E-state index contributed by atoms with van der Waals surface area (Å²) in [5.74, 6) is -0.320. The topological polar surface area (TPSA) is 111 Å². The van der Waals surface area contributed by atoms with Gasteiger partial charge in [0.15, 0.2) is 9.84 Å². The lowest BCUT2D eigenvalue weighted by atomic mass is 9.89. The first-order valence-electron chi connectivity index (χ1n) is 13.3. The van der Waals surface area contributed by atoms with Crippen LogP contribution < -0.4 is 5.01 Å². The molecule has 4 rings (SSSR count). The summed E-state index contributed by atoms with van der Waals surface area (Å²) < 4.78 is 108. The normalized spacial score (nSPS) is 16.0. The summed E-state index contributed by atoms with van der Waals surface area (Å²) in [6.07, 6.45) is -14.5. The summed E-state index contributed by atoms with van der Waals surface area (Å²) in [6.45, 7) is 0.00206. The Bertz CT molecular complexity index is 1720. The molecule has 2 N–H and O–H groups in total. The molecule has 46 heavy (non-hydrogen) atoms. The first-order chi connectivity index (χ1) is 21.3.